The predicted molar refractivity (Wildman–Crippen MR) is 446 cm³/mol. The first-order valence-corrected chi connectivity index (χ1v) is 39.4. The zero-order valence-electron chi connectivity index (χ0n) is 68.4. The molecule has 2 fully saturated rings. The number of hydrogen-bond acceptors (Lipinski definition) is 28. The van der Waals surface area contributed by atoms with Crippen LogP contribution in [0.1, 0.15) is 102 Å². The number of ether oxygens (including phenoxy) is 1. The summed E-state index contributed by atoms with van der Waals surface area (Å²) < 4.78 is 202. The fourth-order valence-electron chi connectivity index (χ4n) is 13.1. The summed E-state index contributed by atoms with van der Waals surface area (Å²) in [6.45, 7) is 6.36. The van der Waals surface area contributed by atoms with Gasteiger partial charge in [-0.3, -0.25) is 0 Å². The molecule has 34 nitrogen and oxygen atoms in total. The molecule has 0 amide bonds. The van der Waals surface area contributed by atoms with Crippen LogP contribution >= 0.6 is 0 Å². The Morgan fingerprint density at radius 2 is 0.729 bits per heavy atom. The highest BCUT2D eigenvalue weighted by Crippen LogP contribution is 2.42. The van der Waals surface area contributed by atoms with Gasteiger partial charge in [-0.2, -0.15) is 97.4 Å². The van der Waals surface area contributed by atoms with Crippen molar-refractivity contribution < 1.29 is 70.6 Å². The van der Waals surface area contributed by atoms with E-state index in [0.717, 1.165) is 100.0 Å². The van der Waals surface area contributed by atoms with E-state index in [-0.39, 0.29) is 148 Å². The number of pyridine rings is 5. The van der Waals surface area contributed by atoms with Crippen LogP contribution in [0.5, 0.6) is 0 Å². The van der Waals surface area contributed by atoms with Gasteiger partial charge in [0.05, 0.1) is 140 Å². The van der Waals surface area contributed by atoms with Crippen molar-refractivity contribution in [3.8, 4) is 92.7 Å². The van der Waals surface area contributed by atoms with Crippen LogP contribution in [-0.2, 0) is 42.2 Å². The third kappa shape index (κ3) is 21.7. The van der Waals surface area contributed by atoms with Crippen molar-refractivity contribution in [1.29, 1.82) is 31.6 Å². The van der Waals surface area contributed by atoms with E-state index in [9.17, 15) is 92.2 Å². The van der Waals surface area contributed by atoms with Crippen LogP contribution in [0.2, 0.25) is 0 Å². The van der Waals surface area contributed by atoms with Crippen molar-refractivity contribution in [3.05, 3.63) is 198 Å². The molecule has 0 aromatic carbocycles. The molecule has 1 aliphatic carbocycles. The van der Waals surface area contributed by atoms with E-state index in [1.54, 1.807) is 12.5 Å². The van der Waals surface area contributed by atoms with Gasteiger partial charge in [-0.15, -0.1) is 0 Å². The number of H-pyrrole nitrogens is 5. The largest absolute Gasteiger partial charge is 0.417 e. The Balaban J connectivity index is 0.000000134. The molecular formula is C84H62F15N33O. The second-order valence-electron chi connectivity index (χ2n) is 29.1. The minimum atomic E-state index is -4.54. The molecule has 16 aromatic heterocycles. The monoisotopic (exact) mass is 1830 g/mol. The van der Waals surface area contributed by atoms with Gasteiger partial charge in [0.15, 0.2) is 0 Å². The number of nitriles is 6. The van der Waals surface area contributed by atoms with Crippen LogP contribution in [0.25, 0.3) is 111 Å². The number of hydrogen-bond donors (Lipinski definition) is 10. The van der Waals surface area contributed by atoms with E-state index in [1.807, 2.05) is 61.0 Å². The maximum absolute atomic E-state index is 13.1. The van der Waals surface area contributed by atoms with Crippen LogP contribution < -0.4 is 26.6 Å². The van der Waals surface area contributed by atoms with Gasteiger partial charge in [0.2, 0.25) is 29.7 Å². The third-order valence-electron chi connectivity index (χ3n) is 20.0. The Bertz CT molecular complexity index is 7220. The molecule has 674 valence electrons. The molecule has 17 heterocycles. The molecule has 49 heteroatoms. The number of aromatic nitrogens is 22. The third-order valence-corrected chi connectivity index (χ3v) is 20.0. The number of nitrogens with one attached hydrogen (secondary N) is 10. The molecule has 2 atom stereocenters. The lowest BCUT2D eigenvalue weighted by molar-refractivity contribution is -0.138. The predicted octanol–water partition coefficient (Wildman–Crippen LogP) is 17.2. The molecule has 1 saturated carbocycles. The highest BCUT2D eigenvalue weighted by Gasteiger charge is 2.37. The van der Waals surface area contributed by atoms with Gasteiger partial charge in [0.1, 0.15) is 65.1 Å². The van der Waals surface area contributed by atoms with Crippen LogP contribution in [0.3, 0.4) is 0 Å². The fourth-order valence-corrected chi connectivity index (χ4v) is 13.1. The number of rotatable bonds is 19. The lowest BCUT2D eigenvalue weighted by Gasteiger charge is -2.12. The first-order chi connectivity index (χ1) is 63.6. The number of nitrogens with zero attached hydrogens (tertiary/aromatic N) is 23. The Kier molecular flexibility index (Phi) is 26.9. The number of anilines is 5. The van der Waals surface area contributed by atoms with E-state index in [0.29, 0.717) is 65.6 Å². The minimum absolute atomic E-state index is 0.0484. The maximum atomic E-state index is 13.1. The van der Waals surface area contributed by atoms with Gasteiger partial charge in [-0.1, -0.05) is 6.92 Å². The van der Waals surface area contributed by atoms with E-state index in [4.69, 9.17) is 10.00 Å². The van der Waals surface area contributed by atoms with Crippen LogP contribution in [-0.4, -0.2) is 154 Å². The summed E-state index contributed by atoms with van der Waals surface area (Å²) in [5.74, 6) is 1.32. The average molecular weight is 1830 g/mol. The molecule has 1 aliphatic heterocycles. The van der Waals surface area contributed by atoms with Crippen molar-refractivity contribution in [2.75, 3.05) is 52.9 Å². The minimum Gasteiger partial charge on any atom is -0.379 e. The van der Waals surface area contributed by atoms with Crippen molar-refractivity contribution >= 4 is 84.9 Å². The highest BCUT2D eigenvalue weighted by molar-refractivity contribution is 5.98. The van der Waals surface area contributed by atoms with Gasteiger partial charge in [0, 0.05) is 161 Å². The highest BCUT2D eigenvalue weighted by atomic mass is 19.4. The second kappa shape index (κ2) is 38.8. The molecule has 1 saturated heterocycles. The molecule has 0 bridgehead atoms. The number of alkyl halides is 15. The smallest absolute Gasteiger partial charge is 0.379 e. The van der Waals surface area contributed by atoms with Crippen molar-refractivity contribution in [2.45, 2.75) is 102 Å². The quantitative estimate of drug-likeness (QED) is 0.0204. The first-order valence-electron chi connectivity index (χ1n) is 39.4. The number of aromatic amines is 5. The molecule has 16 aromatic rings. The molecule has 10 N–H and O–H groups in total. The second-order valence-corrected chi connectivity index (χ2v) is 29.1. The summed E-state index contributed by atoms with van der Waals surface area (Å²) in [6.07, 6.45) is 4.98. The Morgan fingerprint density at radius 3 is 1.02 bits per heavy atom. The zero-order valence-corrected chi connectivity index (χ0v) is 68.4. The van der Waals surface area contributed by atoms with E-state index in [1.165, 1.54) is 62.0 Å². The number of fused-ring (bicyclic) bond motifs is 5. The summed E-state index contributed by atoms with van der Waals surface area (Å²) in [5.41, 5.74) is 0.597. The van der Waals surface area contributed by atoms with E-state index in [2.05, 4.69) is 131 Å². The molecule has 0 spiro atoms. The average Bonchev–Trinajstić information content (AvgIpc) is 1.68. The van der Waals surface area contributed by atoms with Crippen LogP contribution in [0.15, 0.2) is 142 Å². The van der Waals surface area contributed by atoms with Crippen LogP contribution in [0, 0.1) is 68.0 Å². The molecule has 0 radical (unpaired) electrons. The van der Waals surface area contributed by atoms with Gasteiger partial charge in [-0.05, 0) is 69.4 Å². The Morgan fingerprint density at radius 1 is 0.414 bits per heavy atom. The molecule has 2 aliphatic rings. The summed E-state index contributed by atoms with van der Waals surface area (Å²) >= 11 is 0. The molecule has 133 heavy (non-hydrogen) atoms. The molecule has 0 unspecified atom stereocenters. The summed E-state index contributed by atoms with van der Waals surface area (Å²) in [4.78, 5) is 78.9. The van der Waals surface area contributed by atoms with Gasteiger partial charge >= 0.3 is 30.9 Å². The van der Waals surface area contributed by atoms with Crippen molar-refractivity contribution in [1.82, 2.24) is 109 Å². The lowest BCUT2D eigenvalue weighted by Crippen LogP contribution is -2.20. The van der Waals surface area contributed by atoms with E-state index >= 15 is 0 Å². The standard InChI is InChI=1S/C19H15F3N8.C17H13F3N6O.C17H15F3N6.C16H11F3N6.C15H8F3N7/c20-19(21,22)13-6-14-15(10-27-17(14)26-9-13)16-12(7-23)8-28-18(29-16)25-2-1-4-30-5-3-24-11-30;18-17(19,20)10-3-12-13(7-23-15(12)22-6-10)14-9(4-21)5-24-16(26-14)25-11-1-2-27-8-11;1-3-9(2)25-16-24-6-10(5-21)14(26-16)13-8-23-15-12(13)4-11(7-22-15)17(18,19)20;17-16(18,19)9-3-11-12(7-22-14(11)21-6-9)13-8(4-20)5-23-15(25-13)24-10-1-2-10;16-15(17,18)9-3-10-11(7-23-13(10)22-6-9)12-8(4-20)5-24-14(25-12)21-2-1-19/h3,5-6,8-11H,1-2,4H2,(H,26,27)(H,25,28,29);3,5-7,11H,1-2,8H2,(H,22,23)(H,24,25,26);4,6-9H,3H2,1-2H3,(H,22,23)(H,24,25,26);3,5-7,10H,1-2H2,(H,21,22)(H,23,24,25);3,5-7H,2H2,(H,22,23)(H,21,24,25)/t;11-;9-;;/m.00../s1. The summed E-state index contributed by atoms with van der Waals surface area (Å²) in [7, 11) is 0. The number of imidazole rings is 1. The summed E-state index contributed by atoms with van der Waals surface area (Å²) in [5, 5.41) is 71.4. The van der Waals surface area contributed by atoms with Gasteiger partial charge in [-0.25, -0.2) is 79.7 Å². The topological polar surface area (TPSA) is 502 Å². The fraction of sp³-hybridized carbons (Fsp3) is 0.238. The number of halogens is 15. The van der Waals surface area contributed by atoms with Crippen molar-refractivity contribution in [2.24, 2.45) is 0 Å². The number of aryl methyl sites for hydroxylation is 1. The molecular weight excluding hydrogens is 1770 g/mol. The Labute approximate surface area is 738 Å². The summed E-state index contributed by atoms with van der Waals surface area (Å²) in [6, 6.07) is 17.1. The van der Waals surface area contributed by atoms with Crippen molar-refractivity contribution in [3.63, 3.8) is 0 Å². The van der Waals surface area contributed by atoms with Gasteiger partial charge in [0.25, 0.3) is 0 Å². The Hall–Kier alpha value is -17.1. The normalized spacial score (nSPS) is 13.4. The van der Waals surface area contributed by atoms with Crippen LogP contribution in [0.4, 0.5) is 95.6 Å². The maximum Gasteiger partial charge on any atom is 0.417 e. The lowest BCUT2D eigenvalue weighted by atomic mass is 10.1. The first kappa shape index (κ1) is 92.1. The zero-order chi connectivity index (χ0) is 94.7. The van der Waals surface area contributed by atoms with Gasteiger partial charge < -0.3 is 60.8 Å². The molecule has 18 rings (SSSR count). The SMILES string of the molecule is CC[C@H](C)Nc1ncc(C#N)c(-c2c[nH]c3ncc(C(F)(F)F)cc23)n1.N#CCNc1ncc(C#N)c(-c2c[nH]c3ncc(C(F)(F)F)cc23)n1.N#Cc1cnc(NC2CC2)nc1-c1c[nH]c2ncc(C(F)(F)F)cc12.N#Cc1cnc(NCCCn2ccnc2)nc1-c1c[nH]c2ncc(C(F)(F)F)cc12.N#Cc1cnc(N[C@H]2CCOC2)nc1-c1c[nH]c2ncc(C(F)(F)F)cc12. The van der Waals surface area contributed by atoms with E-state index < -0.39 is 58.7 Å².